The minimum Gasteiger partial charge on any atom is -0.321 e. The number of nitrogens with one attached hydrogen (secondary N) is 2. The summed E-state index contributed by atoms with van der Waals surface area (Å²) in [6, 6.07) is 10.3. The van der Waals surface area contributed by atoms with Crippen molar-refractivity contribution in [3.8, 4) is 0 Å². The minimum atomic E-state index is 0.0813. The molecule has 1 aromatic heterocycles. The molecule has 0 radical (unpaired) electrons. The van der Waals surface area contributed by atoms with Crippen LogP contribution in [0.15, 0.2) is 40.2 Å². The van der Waals surface area contributed by atoms with Gasteiger partial charge in [0.15, 0.2) is 6.54 Å². The van der Waals surface area contributed by atoms with Gasteiger partial charge in [0.1, 0.15) is 6.04 Å². The van der Waals surface area contributed by atoms with E-state index in [0.29, 0.717) is 12.6 Å². The Hall–Kier alpha value is -1.17. The first kappa shape index (κ1) is 14.8. The number of rotatable bonds is 3. The van der Waals surface area contributed by atoms with E-state index < -0.39 is 0 Å². The zero-order valence-electron chi connectivity index (χ0n) is 11.9. The van der Waals surface area contributed by atoms with Crippen molar-refractivity contribution in [2.45, 2.75) is 19.4 Å². The third kappa shape index (κ3) is 3.36. The van der Waals surface area contributed by atoms with E-state index in [1.807, 2.05) is 35.6 Å². The van der Waals surface area contributed by atoms with Crippen LogP contribution in [0.2, 0.25) is 0 Å². The van der Waals surface area contributed by atoms with Crippen molar-refractivity contribution in [1.82, 2.24) is 0 Å². The number of carbonyl (C=O) groups excluding carboxylic acids is 1. The van der Waals surface area contributed by atoms with Gasteiger partial charge in [-0.2, -0.15) is 0 Å². The van der Waals surface area contributed by atoms with E-state index in [1.54, 1.807) is 0 Å². The molecule has 3 nitrogen and oxygen atoms in total. The smallest absolute Gasteiger partial charge is 0.279 e. The van der Waals surface area contributed by atoms with Gasteiger partial charge in [-0.3, -0.25) is 4.79 Å². The first-order valence-corrected chi connectivity index (χ1v) is 8.77. The molecule has 2 atom stereocenters. The predicted molar refractivity (Wildman–Crippen MR) is 89.9 cm³/mol. The van der Waals surface area contributed by atoms with Crippen LogP contribution in [0.4, 0.5) is 5.69 Å². The molecule has 1 aliphatic heterocycles. The Bertz CT molecular complexity index is 638. The second-order valence-electron chi connectivity index (χ2n) is 5.41. The molecular weight excluding hydrogens is 348 g/mol. The highest BCUT2D eigenvalue weighted by Crippen LogP contribution is 2.24. The Morgan fingerprint density at radius 1 is 1.38 bits per heavy atom. The summed E-state index contributed by atoms with van der Waals surface area (Å²) in [5.41, 5.74) is 2.26. The quantitative estimate of drug-likeness (QED) is 0.861. The van der Waals surface area contributed by atoms with E-state index in [1.165, 1.54) is 15.3 Å². The van der Waals surface area contributed by atoms with Crippen LogP contribution >= 0.6 is 27.3 Å². The number of hydrogen-bond donors (Lipinski definition) is 2. The molecule has 3 rings (SSSR count). The topological polar surface area (TPSA) is 33.5 Å². The molecule has 1 amide bonds. The molecule has 0 saturated heterocycles. The summed E-state index contributed by atoms with van der Waals surface area (Å²) in [6.45, 7) is 3.77. The van der Waals surface area contributed by atoms with Crippen LogP contribution in [0.1, 0.15) is 23.4 Å². The van der Waals surface area contributed by atoms with E-state index in [-0.39, 0.29) is 5.91 Å². The minimum absolute atomic E-state index is 0.0813. The number of benzene rings is 1. The first-order chi connectivity index (χ1) is 10.1. The molecule has 0 fully saturated rings. The number of amides is 1. The molecule has 21 heavy (non-hydrogen) atoms. The summed E-state index contributed by atoms with van der Waals surface area (Å²) in [7, 11) is 0. The molecule has 1 unspecified atom stereocenters. The average Bonchev–Trinajstić information content (AvgIpc) is 2.94. The molecule has 0 bridgehead atoms. The van der Waals surface area contributed by atoms with Crippen molar-refractivity contribution >= 4 is 38.9 Å². The second kappa shape index (κ2) is 6.30. The highest BCUT2D eigenvalue weighted by atomic mass is 79.9. The molecule has 1 aliphatic rings. The Morgan fingerprint density at radius 2 is 2.14 bits per heavy atom. The fraction of sp³-hybridized carbons (Fsp3) is 0.312. The number of thiophene rings is 1. The van der Waals surface area contributed by atoms with Crippen LogP contribution in [0.3, 0.4) is 0 Å². The van der Waals surface area contributed by atoms with Gasteiger partial charge < -0.3 is 10.2 Å². The van der Waals surface area contributed by atoms with Gasteiger partial charge >= 0.3 is 0 Å². The van der Waals surface area contributed by atoms with Gasteiger partial charge in [0, 0.05) is 27.0 Å². The van der Waals surface area contributed by atoms with E-state index in [0.717, 1.165) is 23.1 Å². The molecule has 1 aromatic carbocycles. The SMILES string of the molecule is C[C@H]1c2ccsc2CC[NH+]1CC(=O)Nc1ccc(Br)cc1. The molecule has 0 spiro atoms. The van der Waals surface area contributed by atoms with Crippen molar-refractivity contribution in [1.29, 1.82) is 0 Å². The van der Waals surface area contributed by atoms with Crippen LogP contribution in [0, 0.1) is 0 Å². The number of anilines is 1. The van der Waals surface area contributed by atoms with Gasteiger partial charge in [-0.05, 0) is 42.6 Å². The third-order valence-electron chi connectivity index (χ3n) is 4.05. The number of quaternary nitrogens is 1. The molecule has 0 saturated carbocycles. The summed E-state index contributed by atoms with van der Waals surface area (Å²) >= 11 is 5.23. The summed E-state index contributed by atoms with van der Waals surface area (Å²) in [4.78, 5) is 15.0. The van der Waals surface area contributed by atoms with Crippen molar-refractivity contribution in [2.75, 3.05) is 18.4 Å². The Kier molecular flexibility index (Phi) is 4.42. The second-order valence-corrected chi connectivity index (χ2v) is 7.33. The van der Waals surface area contributed by atoms with Crippen molar-refractivity contribution in [2.24, 2.45) is 0 Å². The monoisotopic (exact) mass is 365 g/mol. The lowest BCUT2D eigenvalue weighted by molar-refractivity contribution is -0.923. The van der Waals surface area contributed by atoms with E-state index in [2.05, 4.69) is 39.6 Å². The number of hydrogen-bond acceptors (Lipinski definition) is 2. The normalized spacial score (nSPS) is 20.9. The maximum absolute atomic E-state index is 12.2. The summed E-state index contributed by atoms with van der Waals surface area (Å²) in [5.74, 6) is 0.0813. The third-order valence-corrected chi connectivity index (χ3v) is 5.57. The zero-order chi connectivity index (χ0) is 14.8. The van der Waals surface area contributed by atoms with Gasteiger partial charge in [0.05, 0.1) is 6.54 Å². The van der Waals surface area contributed by atoms with Crippen LogP contribution < -0.4 is 10.2 Å². The maximum atomic E-state index is 12.2. The molecule has 2 N–H and O–H groups in total. The van der Waals surface area contributed by atoms with Gasteiger partial charge in [-0.1, -0.05) is 15.9 Å². The lowest BCUT2D eigenvalue weighted by Crippen LogP contribution is -3.14. The molecule has 0 aliphatic carbocycles. The first-order valence-electron chi connectivity index (χ1n) is 7.10. The van der Waals surface area contributed by atoms with Gasteiger partial charge in [-0.25, -0.2) is 0 Å². The largest absolute Gasteiger partial charge is 0.321 e. The van der Waals surface area contributed by atoms with Crippen LogP contribution in [-0.2, 0) is 11.2 Å². The lowest BCUT2D eigenvalue weighted by Gasteiger charge is -2.29. The highest BCUT2D eigenvalue weighted by molar-refractivity contribution is 9.10. The molecule has 2 aromatic rings. The molecular formula is C16H18BrN2OS+. The van der Waals surface area contributed by atoms with E-state index in [4.69, 9.17) is 0 Å². The van der Waals surface area contributed by atoms with Gasteiger partial charge in [0.2, 0.25) is 0 Å². The summed E-state index contributed by atoms with van der Waals surface area (Å²) in [5, 5.41) is 5.14. The van der Waals surface area contributed by atoms with E-state index >= 15 is 0 Å². The van der Waals surface area contributed by atoms with Crippen molar-refractivity contribution in [3.63, 3.8) is 0 Å². The van der Waals surface area contributed by atoms with E-state index in [9.17, 15) is 4.79 Å². The summed E-state index contributed by atoms with van der Waals surface area (Å²) in [6.07, 6.45) is 1.08. The van der Waals surface area contributed by atoms with Crippen molar-refractivity contribution < 1.29 is 9.69 Å². The van der Waals surface area contributed by atoms with Crippen LogP contribution in [-0.4, -0.2) is 19.0 Å². The Morgan fingerprint density at radius 3 is 2.90 bits per heavy atom. The van der Waals surface area contributed by atoms with Crippen LogP contribution in [0.25, 0.3) is 0 Å². The van der Waals surface area contributed by atoms with Gasteiger partial charge in [-0.15, -0.1) is 11.3 Å². The number of halogens is 1. The van der Waals surface area contributed by atoms with Crippen LogP contribution in [0.5, 0.6) is 0 Å². The number of fused-ring (bicyclic) bond motifs is 1. The predicted octanol–water partition coefficient (Wildman–Crippen LogP) is 2.65. The fourth-order valence-corrected chi connectivity index (χ4v) is 4.08. The highest BCUT2D eigenvalue weighted by Gasteiger charge is 2.29. The standard InChI is InChI=1S/C16H17BrN2OS/c1-11-14-7-9-21-15(14)6-8-19(11)10-16(20)18-13-4-2-12(17)3-5-13/h2-5,7,9,11H,6,8,10H2,1H3,(H,18,20)/p+1/t11-/m0/s1. The molecule has 2 heterocycles. The molecule has 5 heteroatoms. The summed E-state index contributed by atoms with van der Waals surface area (Å²) < 4.78 is 1.01. The molecule has 110 valence electrons. The zero-order valence-corrected chi connectivity index (χ0v) is 14.3. The average molecular weight is 366 g/mol. The maximum Gasteiger partial charge on any atom is 0.279 e. The number of carbonyl (C=O) groups is 1. The fourth-order valence-electron chi connectivity index (χ4n) is 2.84. The van der Waals surface area contributed by atoms with Crippen molar-refractivity contribution in [3.05, 3.63) is 50.6 Å². The Balaban J connectivity index is 1.62. The Labute approximate surface area is 137 Å². The van der Waals surface area contributed by atoms with Gasteiger partial charge in [0.25, 0.3) is 5.91 Å². The lowest BCUT2D eigenvalue weighted by atomic mass is 10.0.